The Kier molecular flexibility index (Phi) is 4.33. The minimum absolute atomic E-state index is 0.0382. The van der Waals surface area contributed by atoms with Gasteiger partial charge in [-0.3, -0.25) is 4.79 Å². The Morgan fingerprint density at radius 1 is 1.50 bits per heavy atom. The number of benzene rings is 1. The molecule has 1 heterocycles. The van der Waals surface area contributed by atoms with Gasteiger partial charge in [0.15, 0.2) is 0 Å². The first-order valence-electron chi connectivity index (χ1n) is 5.78. The lowest BCUT2D eigenvalue weighted by Crippen LogP contribution is -2.29. The van der Waals surface area contributed by atoms with Crippen LogP contribution in [0.4, 0.5) is 4.39 Å². The van der Waals surface area contributed by atoms with Crippen LogP contribution in [0.2, 0.25) is 5.02 Å². The minimum atomic E-state index is -0.519. The number of hydrogen-bond donors (Lipinski definition) is 2. The van der Waals surface area contributed by atoms with Crippen molar-refractivity contribution in [2.75, 3.05) is 19.6 Å². The summed E-state index contributed by atoms with van der Waals surface area (Å²) in [5.74, 6) is -0.759. The van der Waals surface area contributed by atoms with Crippen LogP contribution >= 0.6 is 11.6 Å². The quantitative estimate of drug-likeness (QED) is 0.825. The summed E-state index contributed by atoms with van der Waals surface area (Å²) in [6.07, 6.45) is 3.01. The minimum Gasteiger partial charge on any atom is -0.348 e. The first-order chi connectivity index (χ1) is 8.66. The number of carbonyl (C=O) groups excluding carboxylic acids is 1. The fraction of sp³-hybridized carbons (Fsp3) is 0.308. The predicted octanol–water partition coefficient (Wildman–Crippen LogP) is 2.13. The fourth-order valence-electron chi connectivity index (χ4n) is 1.76. The molecule has 96 valence electrons. The van der Waals surface area contributed by atoms with Crippen molar-refractivity contribution >= 4 is 17.5 Å². The van der Waals surface area contributed by atoms with E-state index in [9.17, 15) is 9.18 Å². The molecule has 0 aliphatic carbocycles. The van der Waals surface area contributed by atoms with Crippen LogP contribution in [-0.2, 0) is 0 Å². The van der Waals surface area contributed by atoms with E-state index in [0.717, 1.165) is 19.5 Å². The second-order valence-electron chi connectivity index (χ2n) is 4.13. The zero-order valence-corrected chi connectivity index (χ0v) is 10.6. The smallest absolute Gasteiger partial charge is 0.251 e. The highest BCUT2D eigenvalue weighted by molar-refractivity contribution is 6.31. The lowest BCUT2D eigenvalue weighted by atomic mass is 10.1. The molecule has 0 saturated carbocycles. The summed E-state index contributed by atoms with van der Waals surface area (Å²) in [5, 5.41) is 5.96. The summed E-state index contributed by atoms with van der Waals surface area (Å²) < 4.78 is 13.0. The van der Waals surface area contributed by atoms with Crippen molar-refractivity contribution in [3.8, 4) is 0 Å². The van der Waals surface area contributed by atoms with E-state index in [-0.39, 0.29) is 10.9 Å². The number of nitrogens with one attached hydrogen (secondary N) is 2. The predicted molar refractivity (Wildman–Crippen MR) is 69.3 cm³/mol. The molecule has 0 spiro atoms. The molecule has 5 heteroatoms. The molecule has 0 bridgehead atoms. The van der Waals surface area contributed by atoms with Crippen LogP contribution in [0.25, 0.3) is 0 Å². The maximum absolute atomic E-state index is 13.0. The van der Waals surface area contributed by atoms with Gasteiger partial charge in [-0.1, -0.05) is 23.3 Å². The van der Waals surface area contributed by atoms with Crippen LogP contribution in [0.1, 0.15) is 16.8 Å². The molecule has 1 aliphatic rings. The first-order valence-corrected chi connectivity index (χ1v) is 6.16. The van der Waals surface area contributed by atoms with E-state index >= 15 is 0 Å². The van der Waals surface area contributed by atoms with E-state index in [2.05, 4.69) is 16.7 Å². The molecular weight excluding hydrogens is 255 g/mol. The van der Waals surface area contributed by atoms with E-state index in [4.69, 9.17) is 11.6 Å². The molecule has 1 amide bonds. The van der Waals surface area contributed by atoms with Crippen molar-refractivity contribution in [2.24, 2.45) is 0 Å². The number of rotatable bonds is 3. The van der Waals surface area contributed by atoms with Crippen molar-refractivity contribution in [2.45, 2.75) is 6.42 Å². The van der Waals surface area contributed by atoms with E-state index < -0.39 is 5.82 Å². The highest BCUT2D eigenvalue weighted by Crippen LogP contribution is 2.16. The molecule has 0 atom stereocenters. The molecule has 0 unspecified atom stereocenters. The van der Waals surface area contributed by atoms with E-state index in [0.29, 0.717) is 12.1 Å². The molecule has 0 fully saturated rings. The lowest BCUT2D eigenvalue weighted by molar-refractivity contribution is 0.0956. The number of amides is 1. The Balaban J connectivity index is 1.95. The Labute approximate surface area is 110 Å². The van der Waals surface area contributed by atoms with Gasteiger partial charge in [-0.15, -0.1) is 0 Å². The topological polar surface area (TPSA) is 41.1 Å². The maximum atomic E-state index is 13.0. The van der Waals surface area contributed by atoms with Crippen molar-refractivity contribution in [3.63, 3.8) is 0 Å². The second kappa shape index (κ2) is 5.98. The molecule has 18 heavy (non-hydrogen) atoms. The highest BCUT2D eigenvalue weighted by Gasteiger charge is 2.09. The second-order valence-corrected chi connectivity index (χ2v) is 4.54. The molecular formula is C13H14ClFN2O. The van der Waals surface area contributed by atoms with Gasteiger partial charge in [-0.2, -0.15) is 0 Å². The summed E-state index contributed by atoms with van der Waals surface area (Å²) >= 11 is 5.63. The van der Waals surface area contributed by atoms with Gasteiger partial charge in [0.05, 0.1) is 5.02 Å². The molecule has 1 aromatic rings. The third-order valence-corrected chi connectivity index (χ3v) is 3.11. The van der Waals surface area contributed by atoms with Crippen molar-refractivity contribution in [1.29, 1.82) is 0 Å². The van der Waals surface area contributed by atoms with Gasteiger partial charge in [0.1, 0.15) is 5.82 Å². The van der Waals surface area contributed by atoms with Crippen LogP contribution in [0.15, 0.2) is 29.8 Å². The van der Waals surface area contributed by atoms with Crippen LogP contribution in [0.3, 0.4) is 0 Å². The number of halogens is 2. The van der Waals surface area contributed by atoms with Gasteiger partial charge in [-0.05, 0) is 31.2 Å². The molecule has 0 radical (unpaired) electrons. The molecule has 3 nitrogen and oxygen atoms in total. The molecule has 2 rings (SSSR count). The zero-order chi connectivity index (χ0) is 13.0. The normalized spacial score (nSPS) is 15.1. The molecule has 1 aliphatic heterocycles. The Bertz CT molecular complexity index is 488. The standard InChI is InChI=1S/C13H14ClFN2O/c14-11-7-10(1-2-12(11)15)13(18)17-8-9-3-5-16-6-4-9/h1-3,7,16H,4-6,8H2,(H,17,18). The van der Waals surface area contributed by atoms with Crippen LogP contribution in [0, 0.1) is 5.82 Å². The Morgan fingerprint density at radius 3 is 3.00 bits per heavy atom. The average Bonchev–Trinajstić information content (AvgIpc) is 2.40. The maximum Gasteiger partial charge on any atom is 0.251 e. The first kappa shape index (κ1) is 13.1. The SMILES string of the molecule is O=C(NCC1=CCNCC1)c1ccc(F)c(Cl)c1. The summed E-state index contributed by atoms with van der Waals surface area (Å²) in [4.78, 5) is 11.8. The van der Waals surface area contributed by atoms with Gasteiger partial charge in [0.25, 0.3) is 5.91 Å². The number of carbonyl (C=O) groups is 1. The zero-order valence-electron chi connectivity index (χ0n) is 9.80. The number of hydrogen-bond acceptors (Lipinski definition) is 2. The van der Waals surface area contributed by atoms with Crippen LogP contribution in [0.5, 0.6) is 0 Å². The molecule has 2 N–H and O–H groups in total. The van der Waals surface area contributed by atoms with E-state index in [1.165, 1.54) is 23.8 Å². The fourth-order valence-corrected chi connectivity index (χ4v) is 1.94. The van der Waals surface area contributed by atoms with Gasteiger partial charge in [0, 0.05) is 18.7 Å². The van der Waals surface area contributed by atoms with Crippen LogP contribution in [-0.4, -0.2) is 25.5 Å². The third kappa shape index (κ3) is 3.31. The molecule has 0 saturated heterocycles. The van der Waals surface area contributed by atoms with Crippen molar-refractivity contribution in [3.05, 3.63) is 46.3 Å². The lowest BCUT2D eigenvalue weighted by Gasteiger charge is -2.14. The highest BCUT2D eigenvalue weighted by atomic mass is 35.5. The van der Waals surface area contributed by atoms with Crippen molar-refractivity contribution < 1.29 is 9.18 Å². The Morgan fingerprint density at radius 2 is 2.33 bits per heavy atom. The van der Waals surface area contributed by atoms with Gasteiger partial charge < -0.3 is 10.6 Å². The molecule has 1 aromatic carbocycles. The monoisotopic (exact) mass is 268 g/mol. The summed E-state index contributed by atoms with van der Waals surface area (Å²) in [7, 11) is 0. The summed E-state index contributed by atoms with van der Waals surface area (Å²) in [6, 6.07) is 3.96. The van der Waals surface area contributed by atoms with Crippen molar-refractivity contribution in [1.82, 2.24) is 10.6 Å². The Hall–Kier alpha value is -1.39. The summed E-state index contributed by atoms with van der Waals surface area (Å²) in [6.45, 7) is 2.30. The summed E-state index contributed by atoms with van der Waals surface area (Å²) in [5.41, 5.74) is 1.58. The van der Waals surface area contributed by atoms with Gasteiger partial charge >= 0.3 is 0 Å². The van der Waals surface area contributed by atoms with Gasteiger partial charge in [-0.25, -0.2) is 4.39 Å². The molecule has 0 aromatic heterocycles. The van der Waals surface area contributed by atoms with E-state index in [1.54, 1.807) is 0 Å². The van der Waals surface area contributed by atoms with Gasteiger partial charge in [0.2, 0.25) is 0 Å². The largest absolute Gasteiger partial charge is 0.348 e. The van der Waals surface area contributed by atoms with E-state index in [1.807, 2.05) is 0 Å². The average molecular weight is 269 g/mol. The third-order valence-electron chi connectivity index (χ3n) is 2.82. The van der Waals surface area contributed by atoms with Crippen LogP contribution < -0.4 is 10.6 Å².